The van der Waals surface area contributed by atoms with Crippen LogP contribution in [0.25, 0.3) is 0 Å². The zero-order valence-corrected chi connectivity index (χ0v) is 11.0. The number of carbonyl (C=O) groups excluding carboxylic acids is 1. The molecular weight excluding hydrogens is 220 g/mol. The molecule has 0 heterocycles. The first kappa shape index (κ1) is 15.6. The molecular formula is C12H22N2O3. The van der Waals surface area contributed by atoms with Gasteiger partial charge in [0.25, 0.3) is 0 Å². The van der Waals surface area contributed by atoms with Crippen molar-refractivity contribution in [3.8, 4) is 0 Å². The number of aliphatic hydroxyl groups is 1. The molecule has 5 nitrogen and oxygen atoms in total. The summed E-state index contributed by atoms with van der Waals surface area (Å²) in [5.74, 6) is -0.242. The quantitative estimate of drug-likeness (QED) is 0.319. The standard InChI is InChI=1S/C12H22N2O3/c1-5-7-10(13)14-9(11(15)17-4)8-12(3,16)6-2/h8,16H,5-7H2,1-4H3,(H2,13,14)/b9-8+. The largest absolute Gasteiger partial charge is 0.464 e. The number of methoxy groups -OCH3 is 1. The minimum Gasteiger partial charge on any atom is -0.464 e. The van der Waals surface area contributed by atoms with Crippen molar-refractivity contribution in [3.05, 3.63) is 11.8 Å². The summed E-state index contributed by atoms with van der Waals surface area (Å²) in [4.78, 5) is 15.5. The van der Waals surface area contributed by atoms with E-state index in [0.717, 1.165) is 6.42 Å². The summed E-state index contributed by atoms with van der Waals surface area (Å²) in [6.07, 6.45) is 3.29. The Morgan fingerprint density at radius 1 is 1.53 bits per heavy atom. The van der Waals surface area contributed by atoms with E-state index < -0.39 is 11.6 Å². The van der Waals surface area contributed by atoms with Crippen molar-refractivity contribution >= 4 is 11.8 Å². The lowest BCUT2D eigenvalue weighted by Gasteiger charge is -2.16. The van der Waals surface area contributed by atoms with Gasteiger partial charge in [0, 0.05) is 6.42 Å². The molecule has 0 rings (SSSR count). The molecule has 0 aliphatic heterocycles. The van der Waals surface area contributed by atoms with Gasteiger partial charge in [-0.05, 0) is 25.8 Å². The van der Waals surface area contributed by atoms with Gasteiger partial charge in [-0.25, -0.2) is 9.79 Å². The average Bonchev–Trinajstić information content (AvgIpc) is 2.27. The second kappa shape index (κ2) is 7.06. The molecule has 1 unspecified atom stereocenters. The van der Waals surface area contributed by atoms with Crippen LogP contribution in [0.3, 0.4) is 0 Å². The third kappa shape index (κ3) is 6.06. The molecule has 3 N–H and O–H groups in total. The van der Waals surface area contributed by atoms with Gasteiger partial charge < -0.3 is 15.6 Å². The van der Waals surface area contributed by atoms with Crippen LogP contribution in [0.15, 0.2) is 16.8 Å². The SMILES string of the molecule is CCCC(N)=N/C(=C/C(C)(O)CC)C(=O)OC. The second-order valence-corrected chi connectivity index (χ2v) is 4.09. The summed E-state index contributed by atoms with van der Waals surface area (Å²) >= 11 is 0. The van der Waals surface area contributed by atoms with Gasteiger partial charge in [0.2, 0.25) is 0 Å². The van der Waals surface area contributed by atoms with Crippen molar-refractivity contribution in [2.24, 2.45) is 10.7 Å². The molecule has 5 heteroatoms. The predicted octanol–water partition coefficient (Wildman–Crippen LogP) is 1.36. The fraction of sp³-hybridized carbons (Fsp3) is 0.667. The van der Waals surface area contributed by atoms with Crippen LogP contribution < -0.4 is 5.73 Å². The maximum Gasteiger partial charge on any atom is 0.356 e. The van der Waals surface area contributed by atoms with Crippen molar-refractivity contribution in [3.63, 3.8) is 0 Å². The number of nitrogens with two attached hydrogens (primary N) is 1. The molecule has 0 saturated heterocycles. The number of amidine groups is 1. The number of esters is 1. The van der Waals surface area contributed by atoms with Crippen molar-refractivity contribution < 1.29 is 14.6 Å². The second-order valence-electron chi connectivity index (χ2n) is 4.09. The number of ether oxygens (including phenoxy) is 1. The van der Waals surface area contributed by atoms with E-state index in [-0.39, 0.29) is 5.70 Å². The van der Waals surface area contributed by atoms with E-state index in [1.54, 1.807) is 6.92 Å². The van der Waals surface area contributed by atoms with Gasteiger partial charge in [-0.3, -0.25) is 0 Å². The highest BCUT2D eigenvalue weighted by Crippen LogP contribution is 2.15. The molecule has 0 aromatic heterocycles. The van der Waals surface area contributed by atoms with Crippen LogP contribution in [0.5, 0.6) is 0 Å². The van der Waals surface area contributed by atoms with Crippen molar-refractivity contribution in [2.45, 2.75) is 45.6 Å². The van der Waals surface area contributed by atoms with E-state index in [0.29, 0.717) is 18.7 Å². The Bertz CT molecular complexity index is 320. The zero-order valence-electron chi connectivity index (χ0n) is 11.0. The fourth-order valence-corrected chi connectivity index (χ4v) is 1.10. The molecule has 0 aliphatic carbocycles. The zero-order chi connectivity index (χ0) is 13.5. The van der Waals surface area contributed by atoms with E-state index in [1.807, 2.05) is 13.8 Å². The Balaban J connectivity index is 5.16. The smallest absolute Gasteiger partial charge is 0.356 e. The van der Waals surface area contributed by atoms with Crippen LogP contribution >= 0.6 is 0 Å². The third-order valence-corrected chi connectivity index (χ3v) is 2.33. The Kier molecular flexibility index (Phi) is 6.50. The molecule has 0 amide bonds. The molecule has 0 fully saturated rings. The van der Waals surface area contributed by atoms with E-state index in [2.05, 4.69) is 9.73 Å². The number of hydrogen-bond donors (Lipinski definition) is 2. The molecule has 98 valence electrons. The van der Waals surface area contributed by atoms with Gasteiger partial charge in [0.15, 0.2) is 0 Å². The Labute approximate surface area is 102 Å². The van der Waals surface area contributed by atoms with Crippen LogP contribution in [0.2, 0.25) is 0 Å². The molecule has 0 spiro atoms. The van der Waals surface area contributed by atoms with Gasteiger partial charge in [-0.2, -0.15) is 0 Å². The first-order valence-corrected chi connectivity index (χ1v) is 5.72. The molecule has 17 heavy (non-hydrogen) atoms. The van der Waals surface area contributed by atoms with Crippen LogP contribution in [0.1, 0.15) is 40.0 Å². The Morgan fingerprint density at radius 2 is 2.12 bits per heavy atom. The molecule has 0 aliphatic rings. The molecule has 0 saturated carbocycles. The van der Waals surface area contributed by atoms with Crippen LogP contribution in [-0.4, -0.2) is 29.6 Å². The topological polar surface area (TPSA) is 84.9 Å². The Hall–Kier alpha value is -1.36. The van der Waals surface area contributed by atoms with Crippen molar-refractivity contribution in [1.82, 2.24) is 0 Å². The van der Waals surface area contributed by atoms with Crippen molar-refractivity contribution in [1.29, 1.82) is 0 Å². The summed E-state index contributed by atoms with van der Waals surface area (Å²) in [6.45, 7) is 5.37. The maximum absolute atomic E-state index is 11.5. The van der Waals surface area contributed by atoms with E-state index in [1.165, 1.54) is 13.2 Å². The molecule has 0 bridgehead atoms. The number of nitrogens with zero attached hydrogens (tertiary/aromatic N) is 1. The average molecular weight is 242 g/mol. The summed E-state index contributed by atoms with van der Waals surface area (Å²) in [5, 5.41) is 9.89. The van der Waals surface area contributed by atoms with Crippen LogP contribution in [0, 0.1) is 0 Å². The lowest BCUT2D eigenvalue weighted by Crippen LogP contribution is -2.22. The van der Waals surface area contributed by atoms with Gasteiger partial charge in [-0.15, -0.1) is 0 Å². The minimum absolute atomic E-state index is 0.0466. The Morgan fingerprint density at radius 3 is 2.53 bits per heavy atom. The lowest BCUT2D eigenvalue weighted by molar-refractivity contribution is -0.136. The van der Waals surface area contributed by atoms with Gasteiger partial charge in [-0.1, -0.05) is 13.8 Å². The monoisotopic (exact) mass is 242 g/mol. The highest BCUT2D eigenvalue weighted by Gasteiger charge is 2.19. The molecule has 0 radical (unpaired) electrons. The third-order valence-electron chi connectivity index (χ3n) is 2.33. The first-order chi connectivity index (χ1) is 7.86. The minimum atomic E-state index is -1.10. The van der Waals surface area contributed by atoms with Crippen molar-refractivity contribution in [2.75, 3.05) is 7.11 Å². The predicted molar refractivity (Wildman–Crippen MR) is 67.5 cm³/mol. The highest BCUT2D eigenvalue weighted by molar-refractivity contribution is 5.93. The number of rotatable bonds is 6. The van der Waals surface area contributed by atoms with Crippen LogP contribution in [-0.2, 0) is 9.53 Å². The van der Waals surface area contributed by atoms with E-state index in [4.69, 9.17) is 5.73 Å². The highest BCUT2D eigenvalue weighted by atomic mass is 16.5. The summed E-state index contributed by atoms with van der Waals surface area (Å²) in [7, 11) is 1.27. The van der Waals surface area contributed by atoms with Crippen LogP contribution in [0.4, 0.5) is 0 Å². The summed E-state index contributed by atoms with van der Waals surface area (Å²) < 4.78 is 4.60. The number of carbonyl (C=O) groups is 1. The molecule has 0 aromatic carbocycles. The fourth-order valence-electron chi connectivity index (χ4n) is 1.10. The van der Waals surface area contributed by atoms with Gasteiger partial charge in [0.05, 0.1) is 18.5 Å². The van der Waals surface area contributed by atoms with E-state index >= 15 is 0 Å². The number of hydrogen-bond acceptors (Lipinski definition) is 4. The molecule has 0 aromatic rings. The number of aliphatic imine (C=N–C) groups is 1. The normalized spacial score (nSPS) is 16.5. The lowest BCUT2D eigenvalue weighted by atomic mass is 10.0. The van der Waals surface area contributed by atoms with Gasteiger partial charge >= 0.3 is 5.97 Å². The summed E-state index contributed by atoms with van der Waals surface area (Å²) in [6, 6.07) is 0. The van der Waals surface area contributed by atoms with E-state index in [9.17, 15) is 9.90 Å². The maximum atomic E-state index is 11.5. The summed E-state index contributed by atoms with van der Waals surface area (Å²) in [5.41, 5.74) is 4.61. The van der Waals surface area contributed by atoms with Gasteiger partial charge in [0.1, 0.15) is 5.70 Å². The molecule has 1 atom stereocenters. The first-order valence-electron chi connectivity index (χ1n) is 5.72.